The largest absolute Gasteiger partial charge is 0.238 e. The van der Waals surface area contributed by atoms with E-state index in [0.29, 0.717) is 5.54 Å². The third-order valence-corrected chi connectivity index (χ3v) is 6.16. The molecular weight excluding hydrogens is 302 g/mol. The molecule has 0 saturated heterocycles. The highest BCUT2D eigenvalue weighted by molar-refractivity contribution is 4.90. The predicted octanol–water partition coefficient (Wildman–Crippen LogP) is 7.96. The second kappa shape index (κ2) is 15.9. The molecule has 0 aromatic carbocycles. The van der Waals surface area contributed by atoms with Gasteiger partial charge in [-0.25, -0.2) is 5.32 Å². The highest BCUT2D eigenvalue weighted by atomic mass is 14.9. The van der Waals surface area contributed by atoms with Crippen molar-refractivity contribution in [3.05, 3.63) is 12.2 Å². The van der Waals surface area contributed by atoms with Crippen LogP contribution in [0.4, 0.5) is 0 Å². The molecule has 0 atom stereocenters. The molecule has 0 bridgehead atoms. The SMILES string of the molecule is CCCCCCCC/C=C/CCCCCCCCC1([N]C)CCCC1. The van der Waals surface area contributed by atoms with E-state index in [4.69, 9.17) is 5.32 Å². The van der Waals surface area contributed by atoms with E-state index in [1.807, 2.05) is 7.05 Å². The van der Waals surface area contributed by atoms with Crippen molar-refractivity contribution < 1.29 is 0 Å². The van der Waals surface area contributed by atoms with E-state index in [0.717, 1.165) is 0 Å². The normalized spacial score (nSPS) is 16.9. The lowest BCUT2D eigenvalue weighted by Gasteiger charge is -2.26. The second-order valence-corrected chi connectivity index (χ2v) is 8.34. The average molecular weight is 349 g/mol. The van der Waals surface area contributed by atoms with Crippen LogP contribution in [0.2, 0.25) is 0 Å². The summed E-state index contributed by atoms with van der Waals surface area (Å²) in [5.74, 6) is 0. The van der Waals surface area contributed by atoms with Crippen LogP contribution < -0.4 is 5.32 Å². The summed E-state index contributed by atoms with van der Waals surface area (Å²) in [6.45, 7) is 2.29. The van der Waals surface area contributed by atoms with Gasteiger partial charge in [0, 0.05) is 12.6 Å². The molecule has 1 fully saturated rings. The summed E-state index contributed by atoms with van der Waals surface area (Å²) < 4.78 is 0. The van der Waals surface area contributed by atoms with E-state index in [-0.39, 0.29) is 0 Å². The van der Waals surface area contributed by atoms with Gasteiger partial charge >= 0.3 is 0 Å². The maximum Gasteiger partial charge on any atom is 0.0353 e. The van der Waals surface area contributed by atoms with E-state index in [9.17, 15) is 0 Å². The second-order valence-electron chi connectivity index (χ2n) is 8.34. The maximum absolute atomic E-state index is 4.72. The van der Waals surface area contributed by atoms with Crippen LogP contribution >= 0.6 is 0 Å². The summed E-state index contributed by atoms with van der Waals surface area (Å²) in [5.41, 5.74) is 0.390. The van der Waals surface area contributed by atoms with E-state index in [2.05, 4.69) is 19.1 Å². The fourth-order valence-corrected chi connectivity index (χ4v) is 4.32. The number of allylic oxidation sites excluding steroid dienone is 2. The lowest BCUT2D eigenvalue weighted by atomic mass is 9.90. The van der Waals surface area contributed by atoms with E-state index >= 15 is 0 Å². The molecule has 1 aliphatic carbocycles. The van der Waals surface area contributed by atoms with Crippen LogP contribution in [0.3, 0.4) is 0 Å². The molecule has 0 N–H and O–H groups in total. The van der Waals surface area contributed by atoms with Crippen LogP contribution in [0.5, 0.6) is 0 Å². The number of nitrogens with zero attached hydrogens (tertiary/aromatic N) is 1. The fourth-order valence-electron chi connectivity index (χ4n) is 4.32. The molecular formula is C24H46N. The molecule has 1 nitrogen and oxygen atoms in total. The summed E-state index contributed by atoms with van der Waals surface area (Å²) >= 11 is 0. The van der Waals surface area contributed by atoms with Gasteiger partial charge in [0.2, 0.25) is 0 Å². The molecule has 1 radical (unpaired) electrons. The Bertz CT molecular complexity index is 301. The number of rotatable bonds is 17. The van der Waals surface area contributed by atoms with Crippen LogP contribution in [0, 0.1) is 0 Å². The molecule has 1 heteroatoms. The topological polar surface area (TPSA) is 14.1 Å². The Morgan fingerprint density at radius 3 is 1.68 bits per heavy atom. The summed E-state index contributed by atoms with van der Waals surface area (Å²) in [6.07, 6.45) is 31.3. The summed E-state index contributed by atoms with van der Waals surface area (Å²) in [7, 11) is 2.05. The molecule has 1 rings (SSSR count). The van der Waals surface area contributed by atoms with Gasteiger partial charge in [0.1, 0.15) is 0 Å². The van der Waals surface area contributed by atoms with E-state index in [1.54, 1.807) is 0 Å². The minimum absolute atomic E-state index is 0.390. The molecule has 0 amide bonds. The Morgan fingerprint density at radius 2 is 1.16 bits per heavy atom. The van der Waals surface area contributed by atoms with Gasteiger partial charge in [0.25, 0.3) is 0 Å². The highest BCUT2D eigenvalue weighted by Crippen LogP contribution is 2.34. The molecule has 25 heavy (non-hydrogen) atoms. The van der Waals surface area contributed by atoms with Gasteiger partial charge < -0.3 is 0 Å². The first-order chi connectivity index (χ1) is 12.3. The first kappa shape index (κ1) is 22.7. The minimum Gasteiger partial charge on any atom is -0.238 e. The lowest BCUT2D eigenvalue weighted by molar-refractivity contribution is 0.313. The highest BCUT2D eigenvalue weighted by Gasteiger charge is 2.32. The third-order valence-electron chi connectivity index (χ3n) is 6.16. The molecule has 147 valence electrons. The molecule has 1 saturated carbocycles. The monoisotopic (exact) mass is 348 g/mol. The Hall–Kier alpha value is -0.300. The first-order valence-electron chi connectivity index (χ1n) is 11.6. The maximum atomic E-state index is 4.72. The predicted molar refractivity (Wildman–Crippen MR) is 113 cm³/mol. The van der Waals surface area contributed by atoms with Crippen molar-refractivity contribution in [1.82, 2.24) is 5.32 Å². The van der Waals surface area contributed by atoms with Gasteiger partial charge in [-0.2, -0.15) is 0 Å². The average Bonchev–Trinajstić information content (AvgIpc) is 3.11. The Balaban J connectivity index is 1.79. The van der Waals surface area contributed by atoms with Gasteiger partial charge in [-0.3, -0.25) is 0 Å². The van der Waals surface area contributed by atoms with Crippen molar-refractivity contribution in [1.29, 1.82) is 0 Å². The molecule has 0 unspecified atom stereocenters. The van der Waals surface area contributed by atoms with Crippen molar-refractivity contribution in [3.8, 4) is 0 Å². The van der Waals surface area contributed by atoms with Crippen LogP contribution in [0.25, 0.3) is 0 Å². The Labute approximate surface area is 159 Å². The third kappa shape index (κ3) is 11.8. The van der Waals surface area contributed by atoms with Crippen molar-refractivity contribution in [2.75, 3.05) is 7.05 Å². The van der Waals surface area contributed by atoms with Crippen LogP contribution in [-0.4, -0.2) is 12.6 Å². The van der Waals surface area contributed by atoms with Gasteiger partial charge in [-0.1, -0.05) is 96.1 Å². The molecule has 0 aromatic rings. The zero-order valence-corrected chi connectivity index (χ0v) is 17.5. The number of unbranched alkanes of at least 4 members (excludes halogenated alkanes) is 12. The van der Waals surface area contributed by atoms with Crippen LogP contribution in [-0.2, 0) is 0 Å². The molecule has 0 aliphatic heterocycles. The van der Waals surface area contributed by atoms with Gasteiger partial charge in [0.15, 0.2) is 0 Å². The molecule has 0 aromatic heterocycles. The van der Waals surface area contributed by atoms with Gasteiger partial charge in [-0.05, 0) is 44.9 Å². The molecule has 1 aliphatic rings. The smallest absolute Gasteiger partial charge is 0.0353 e. The summed E-state index contributed by atoms with van der Waals surface area (Å²) in [5, 5.41) is 4.72. The number of hydrogen-bond acceptors (Lipinski definition) is 0. The zero-order chi connectivity index (χ0) is 18.1. The zero-order valence-electron chi connectivity index (χ0n) is 17.5. The van der Waals surface area contributed by atoms with Crippen molar-refractivity contribution >= 4 is 0 Å². The first-order valence-corrected chi connectivity index (χ1v) is 11.6. The quantitative estimate of drug-likeness (QED) is 0.187. The van der Waals surface area contributed by atoms with Gasteiger partial charge in [0.05, 0.1) is 0 Å². The van der Waals surface area contributed by atoms with Crippen molar-refractivity contribution in [3.63, 3.8) is 0 Å². The van der Waals surface area contributed by atoms with Crippen LogP contribution in [0.15, 0.2) is 12.2 Å². The van der Waals surface area contributed by atoms with Gasteiger partial charge in [-0.15, -0.1) is 0 Å². The van der Waals surface area contributed by atoms with Crippen molar-refractivity contribution in [2.45, 2.75) is 134 Å². The summed E-state index contributed by atoms with van der Waals surface area (Å²) in [6, 6.07) is 0. The van der Waals surface area contributed by atoms with Crippen LogP contribution in [0.1, 0.15) is 129 Å². The Morgan fingerprint density at radius 1 is 0.680 bits per heavy atom. The minimum atomic E-state index is 0.390. The number of hydrogen-bond donors (Lipinski definition) is 0. The summed E-state index contributed by atoms with van der Waals surface area (Å²) in [4.78, 5) is 0. The van der Waals surface area contributed by atoms with E-state index < -0.39 is 0 Å². The fraction of sp³-hybridized carbons (Fsp3) is 0.917. The Kier molecular flexibility index (Phi) is 14.5. The molecule has 0 heterocycles. The van der Waals surface area contributed by atoms with Crippen molar-refractivity contribution in [2.24, 2.45) is 0 Å². The molecule has 0 spiro atoms. The van der Waals surface area contributed by atoms with E-state index in [1.165, 1.54) is 122 Å². The standard InChI is InChI=1S/C24H46N/c1-3-4-5-6-7-8-9-10-11-12-13-14-15-16-17-18-21-24(25-2)22-19-20-23-24/h10-11H,3-9,12-23H2,1-2H3/b11-10+. The lowest BCUT2D eigenvalue weighted by Crippen LogP contribution is -2.34.